The van der Waals surface area contributed by atoms with E-state index in [2.05, 4.69) is 20.3 Å². The number of amides is 1. The molecule has 1 amide bonds. The molecule has 0 spiro atoms. The lowest BCUT2D eigenvalue weighted by atomic mass is 10.2. The van der Waals surface area contributed by atoms with Crippen LogP contribution in [0.5, 0.6) is 0 Å². The number of thiazole rings is 1. The number of H-pyrrole nitrogens is 1. The summed E-state index contributed by atoms with van der Waals surface area (Å²) in [6, 6.07) is 17.9. The van der Waals surface area contributed by atoms with Crippen molar-refractivity contribution in [3.63, 3.8) is 0 Å². The second kappa shape index (κ2) is 7.49. The number of rotatable bonds is 6. The van der Waals surface area contributed by atoms with E-state index in [1.54, 1.807) is 11.3 Å². The molecule has 0 aliphatic rings. The number of aromatic nitrogens is 3. The minimum atomic E-state index is -0.0222. The molecule has 4 aromatic rings. The molecule has 2 N–H and O–H groups in total. The van der Waals surface area contributed by atoms with Gasteiger partial charge in [0.05, 0.1) is 23.1 Å². The lowest BCUT2D eigenvalue weighted by Gasteiger charge is -2.02. The second-order valence-electron chi connectivity index (χ2n) is 5.99. The number of benzene rings is 2. The Morgan fingerprint density at radius 2 is 1.85 bits per heavy atom. The summed E-state index contributed by atoms with van der Waals surface area (Å²) in [5, 5.41) is 5.82. The molecule has 0 fully saturated rings. The quantitative estimate of drug-likeness (QED) is 0.551. The van der Waals surface area contributed by atoms with Gasteiger partial charge in [-0.1, -0.05) is 42.5 Å². The van der Waals surface area contributed by atoms with Crippen LogP contribution in [-0.4, -0.2) is 27.4 Å². The third kappa shape index (κ3) is 3.81. The number of carbonyl (C=O) groups is 1. The van der Waals surface area contributed by atoms with Gasteiger partial charge < -0.3 is 10.3 Å². The van der Waals surface area contributed by atoms with Crippen LogP contribution in [0.2, 0.25) is 0 Å². The average Bonchev–Trinajstić information content (AvgIpc) is 3.29. The number of hydrogen-bond acceptors (Lipinski definition) is 4. The third-order valence-electron chi connectivity index (χ3n) is 4.04. The number of fused-ring (bicyclic) bond motifs is 1. The van der Waals surface area contributed by atoms with Crippen molar-refractivity contribution in [3.05, 3.63) is 71.5 Å². The van der Waals surface area contributed by atoms with Gasteiger partial charge in [-0.05, 0) is 12.1 Å². The minimum Gasteiger partial charge on any atom is -0.355 e. The normalized spacial score (nSPS) is 10.9. The van der Waals surface area contributed by atoms with Gasteiger partial charge in [-0.2, -0.15) is 0 Å². The number of hydrogen-bond donors (Lipinski definition) is 2. The van der Waals surface area contributed by atoms with Crippen LogP contribution in [0.25, 0.3) is 21.6 Å². The standard InChI is InChI=1S/C20H18N4OS/c25-19(12-15-13-26-20(22-15)14-6-2-1-3-7-14)21-11-10-18-23-16-8-4-5-9-17(16)24-18/h1-9,13H,10-12H2,(H,21,25)(H,23,24). The molecule has 0 bridgehead atoms. The van der Waals surface area contributed by atoms with Gasteiger partial charge >= 0.3 is 0 Å². The zero-order valence-corrected chi connectivity index (χ0v) is 14.9. The molecular formula is C20H18N4OS. The van der Waals surface area contributed by atoms with Gasteiger partial charge in [0.1, 0.15) is 10.8 Å². The first-order valence-corrected chi connectivity index (χ1v) is 9.36. The predicted octanol–water partition coefficient (Wildman–Crippen LogP) is 3.59. The lowest BCUT2D eigenvalue weighted by Crippen LogP contribution is -2.27. The molecule has 0 saturated carbocycles. The largest absolute Gasteiger partial charge is 0.355 e. The maximum Gasteiger partial charge on any atom is 0.226 e. The zero-order valence-electron chi connectivity index (χ0n) is 14.1. The molecular weight excluding hydrogens is 344 g/mol. The summed E-state index contributed by atoms with van der Waals surface area (Å²) in [4.78, 5) is 24.5. The van der Waals surface area contributed by atoms with Gasteiger partial charge in [0.15, 0.2) is 0 Å². The highest BCUT2D eigenvalue weighted by Gasteiger charge is 2.09. The Morgan fingerprint density at radius 1 is 1.04 bits per heavy atom. The number of aromatic amines is 1. The molecule has 130 valence electrons. The highest BCUT2D eigenvalue weighted by molar-refractivity contribution is 7.13. The summed E-state index contributed by atoms with van der Waals surface area (Å²) >= 11 is 1.56. The van der Waals surface area contributed by atoms with Crippen molar-refractivity contribution in [2.75, 3.05) is 6.54 Å². The van der Waals surface area contributed by atoms with Crippen molar-refractivity contribution < 1.29 is 4.79 Å². The summed E-state index contributed by atoms with van der Waals surface area (Å²) in [6.45, 7) is 0.550. The van der Waals surface area contributed by atoms with Crippen LogP contribution in [0.3, 0.4) is 0 Å². The van der Waals surface area contributed by atoms with Crippen LogP contribution in [0.4, 0.5) is 0 Å². The van der Waals surface area contributed by atoms with Crippen molar-refractivity contribution in [3.8, 4) is 10.6 Å². The first kappa shape index (κ1) is 16.5. The summed E-state index contributed by atoms with van der Waals surface area (Å²) in [6.07, 6.45) is 0.968. The summed E-state index contributed by atoms with van der Waals surface area (Å²) in [5.41, 5.74) is 3.85. The molecule has 0 radical (unpaired) electrons. The summed E-state index contributed by atoms with van der Waals surface area (Å²) < 4.78 is 0. The predicted molar refractivity (Wildman–Crippen MR) is 104 cm³/mol. The molecule has 5 nitrogen and oxygen atoms in total. The second-order valence-corrected chi connectivity index (χ2v) is 6.85. The van der Waals surface area contributed by atoms with Crippen LogP contribution in [0.1, 0.15) is 11.5 Å². The minimum absolute atomic E-state index is 0.0222. The van der Waals surface area contributed by atoms with E-state index in [-0.39, 0.29) is 5.91 Å². The van der Waals surface area contributed by atoms with Gasteiger partial charge in [-0.15, -0.1) is 11.3 Å². The molecule has 0 atom stereocenters. The fourth-order valence-corrected chi connectivity index (χ4v) is 3.60. The third-order valence-corrected chi connectivity index (χ3v) is 4.98. The Morgan fingerprint density at radius 3 is 2.69 bits per heavy atom. The smallest absolute Gasteiger partial charge is 0.226 e. The van der Waals surface area contributed by atoms with E-state index in [4.69, 9.17) is 0 Å². The van der Waals surface area contributed by atoms with E-state index in [9.17, 15) is 4.79 Å². The van der Waals surface area contributed by atoms with Crippen molar-refractivity contribution in [2.24, 2.45) is 0 Å². The molecule has 2 aromatic carbocycles. The molecule has 4 rings (SSSR count). The maximum absolute atomic E-state index is 12.1. The SMILES string of the molecule is O=C(Cc1csc(-c2ccccc2)n1)NCCc1nc2ccccc2[nH]1. The van der Waals surface area contributed by atoms with Crippen molar-refractivity contribution in [1.82, 2.24) is 20.3 Å². The highest BCUT2D eigenvalue weighted by atomic mass is 32.1. The van der Waals surface area contributed by atoms with Gasteiger partial charge in [0.2, 0.25) is 5.91 Å². The van der Waals surface area contributed by atoms with Crippen LogP contribution in [-0.2, 0) is 17.6 Å². The summed E-state index contributed by atoms with van der Waals surface area (Å²) in [5.74, 6) is 0.859. The monoisotopic (exact) mass is 362 g/mol. The van der Waals surface area contributed by atoms with Crippen molar-refractivity contribution >= 4 is 28.3 Å². The van der Waals surface area contributed by atoms with E-state index in [0.29, 0.717) is 19.4 Å². The van der Waals surface area contributed by atoms with Crippen LogP contribution in [0, 0.1) is 0 Å². The summed E-state index contributed by atoms with van der Waals surface area (Å²) in [7, 11) is 0. The Balaban J connectivity index is 1.29. The number of para-hydroxylation sites is 2. The van der Waals surface area contributed by atoms with Gasteiger partial charge in [-0.25, -0.2) is 9.97 Å². The fourth-order valence-electron chi connectivity index (χ4n) is 2.77. The Hall–Kier alpha value is -2.99. The van der Waals surface area contributed by atoms with E-state index < -0.39 is 0 Å². The Bertz CT molecular complexity index is 989. The molecule has 0 aliphatic heterocycles. The van der Waals surface area contributed by atoms with Crippen LogP contribution < -0.4 is 5.32 Å². The maximum atomic E-state index is 12.1. The first-order chi connectivity index (χ1) is 12.8. The number of imidazole rings is 1. The van der Waals surface area contributed by atoms with Crippen LogP contribution in [0.15, 0.2) is 60.0 Å². The molecule has 2 aromatic heterocycles. The van der Waals surface area contributed by atoms with Crippen LogP contribution >= 0.6 is 11.3 Å². The van der Waals surface area contributed by atoms with Crippen molar-refractivity contribution in [2.45, 2.75) is 12.8 Å². The zero-order chi connectivity index (χ0) is 17.8. The molecule has 0 aliphatic carbocycles. The average molecular weight is 362 g/mol. The van der Waals surface area contributed by atoms with Gasteiger partial charge in [0, 0.05) is 23.9 Å². The molecule has 0 saturated heterocycles. The van der Waals surface area contributed by atoms with Gasteiger partial charge in [0.25, 0.3) is 0 Å². The first-order valence-electron chi connectivity index (χ1n) is 8.48. The molecule has 26 heavy (non-hydrogen) atoms. The molecule has 2 heterocycles. The number of carbonyl (C=O) groups excluding carboxylic acids is 1. The van der Waals surface area contributed by atoms with Gasteiger partial charge in [-0.3, -0.25) is 4.79 Å². The Kier molecular flexibility index (Phi) is 4.75. The van der Waals surface area contributed by atoms with E-state index in [1.807, 2.05) is 60.0 Å². The topological polar surface area (TPSA) is 70.7 Å². The number of nitrogens with one attached hydrogen (secondary N) is 2. The molecule has 0 unspecified atom stereocenters. The van der Waals surface area contributed by atoms with E-state index in [0.717, 1.165) is 33.1 Å². The highest BCUT2D eigenvalue weighted by Crippen LogP contribution is 2.23. The fraction of sp³-hybridized carbons (Fsp3) is 0.150. The van der Waals surface area contributed by atoms with E-state index >= 15 is 0 Å². The van der Waals surface area contributed by atoms with Crippen molar-refractivity contribution in [1.29, 1.82) is 0 Å². The lowest BCUT2D eigenvalue weighted by molar-refractivity contribution is -0.120. The Labute approximate surface area is 155 Å². The van der Waals surface area contributed by atoms with E-state index in [1.165, 1.54) is 0 Å². The molecule has 6 heteroatoms. The number of nitrogens with zero attached hydrogens (tertiary/aromatic N) is 2.